The molecule has 98 valence electrons. The molecule has 2 aromatic rings. The lowest BCUT2D eigenvalue weighted by Crippen LogP contribution is -2.19. The van der Waals surface area contributed by atoms with Crippen LogP contribution in [0.4, 0.5) is 0 Å². The van der Waals surface area contributed by atoms with E-state index in [1.165, 1.54) is 5.56 Å². The van der Waals surface area contributed by atoms with E-state index in [9.17, 15) is 8.42 Å². The number of aryl methyl sites for hydroxylation is 1. The van der Waals surface area contributed by atoms with Gasteiger partial charge in [-0.2, -0.15) is 0 Å². The zero-order valence-electron chi connectivity index (χ0n) is 10.6. The Morgan fingerprint density at radius 3 is 2.37 bits per heavy atom. The van der Waals surface area contributed by atoms with Crippen molar-refractivity contribution in [3.8, 4) is 0 Å². The van der Waals surface area contributed by atoms with Crippen LogP contribution in [-0.4, -0.2) is 8.42 Å². The highest BCUT2D eigenvalue weighted by Gasteiger charge is 2.32. The predicted molar refractivity (Wildman–Crippen MR) is 75.7 cm³/mol. The van der Waals surface area contributed by atoms with Crippen LogP contribution in [0, 0.1) is 0 Å². The van der Waals surface area contributed by atoms with Gasteiger partial charge in [-0.05, 0) is 42.5 Å². The van der Waals surface area contributed by atoms with Crippen LogP contribution in [0.3, 0.4) is 0 Å². The highest BCUT2D eigenvalue weighted by Crippen LogP contribution is 2.38. The first-order valence-electron chi connectivity index (χ1n) is 6.56. The Morgan fingerprint density at radius 1 is 0.895 bits per heavy atom. The van der Waals surface area contributed by atoms with Gasteiger partial charge in [0.25, 0.3) is 0 Å². The summed E-state index contributed by atoms with van der Waals surface area (Å²) < 4.78 is 25.5. The fourth-order valence-electron chi connectivity index (χ4n) is 2.81. The number of benzene rings is 2. The molecule has 0 unspecified atom stereocenters. The molecule has 0 N–H and O–H groups in total. The van der Waals surface area contributed by atoms with Crippen molar-refractivity contribution in [1.82, 2.24) is 0 Å². The Bertz CT molecular complexity index is 675. The largest absolute Gasteiger partial charge is 0.223 e. The average molecular weight is 272 g/mol. The minimum atomic E-state index is -3.28. The fraction of sp³-hybridized carbons (Fsp3) is 0.250. The van der Waals surface area contributed by atoms with E-state index in [-0.39, 0.29) is 5.25 Å². The van der Waals surface area contributed by atoms with Gasteiger partial charge < -0.3 is 0 Å². The van der Waals surface area contributed by atoms with Gasteiger partial charge in [-0.1, -0.05) is 42.5 Å². The molecule has 0 amide bonds. The van der Waals surface area contributed by atoms with E-state index < -0.39 is 9.84 Å². The van der Waals surface area contributed by atoms with Crippen LogP contribution in [0.1, 0.15) is 29.2 Å². The standard InChI is InChI=1S/C16H16O2S/c17-19(18,14-9-2-1-3-10-14)16-12-6-8-13-7-4-5-11-15(13)16/h1-5,7,9-11,16H,6,8,12H2/t16-/m1/s1. The number of hydrogen-bond donors (Lipinski definition) is 0. The van der Waals surface area contributed by atoms with Crippen molar-refractivity contribution < 1.29 is 8.42 Å². The minimum absolute atomic E-state index is 0.389. The maximum atomic E-state index is 12.7. The van der Waals surface area contributed by atoms with E-state index in [0.717, 1.165) is 18.4 Å². The van der Waals surface area contributed by atoms with E-state index in [4.69, 9.17) is 0 Å². The summed E-state index contributed by atoms with van der Waals surface area (Å²) in [6.45, 7) is 0. The SMILES string of the molecule is O=S(=O)(c1ccccc1)[C@@H]1CCCc2ccccc21. The van der Waals surface area contributed by atoms with E-state index in [1.807, 2.05) is 30.3 Å². The van der Waals surface area contributed by atoms with Crippen molar-refractivity contribution in [2.45, 2.75) is 29.4 Å². The van der Waals surface area contributed by atoms with Gasteiger partial charge in [0.1, 0.15) is 0 Å². The molecule has 0 saturated carbocycles. The van der Waals surface area contributed by atoms with Crippen molar-refractivity contribution in [3.63, 3.8) is 0 Å². The summed E-state index contributed by atoms with van der Waals surface area (Å²) in [4.78, 5) is 0.428. The third-order valence-corrected chi connectivity index (χ3v) is 5.93. The van der Waals surface area contributed by atoms with Crippen molar-refractivity contribution in [3.05, 3.63) is 65.7 Å². The third-order valence-electron chi connectivity index (χ3n) is 3.76. The Kier molecular flexibility index (Phi) is 3.15. The molecule has 3 rings (SSSR count). The van der Waals surface area contributed by atoms with Crippen LogP contribution < -0.4 is 0 Å². The molecule has 19 heavy (non-hydrogen) atoms. The molecule has 1 aliphatic rings. The molecular formula is C16H16O2S. The maximum Gasteiger partial charge on any atom is 0.185 e. The monoisotopic (exact) mass is 272 g/mol. The lowest BCUT2D eigenvalue weighted by molar-refractivity contribution is 0.560. The second kappa shape index (κ2) is 4.82. The number of fused-ring (bicyclic) bond motifs is 1. The van der Waals surface area contributed by atoms with Crippen LogP contribution in [-0.2, 0) is 16.3 Å². The Balaban J connectivity index is 2.09. The molecule has 0 heterocycles. The van der Waals surface area contributed by atoms with Gasteiger partial charge in [0.05, 0.1) is 10.1 Å². The van der Waals surface area contributed by atoms with Crippen molar-refractivity contribution in [1.29, 1.82) is 0 Å². The van der Waals surface area contributed by atoms with Gasteiger partial charge in [-0.25, -0.2) is 8.42 Å². The molecule has 0 radical (unpaired) electrons. The van der Waals surface area contributed by atoms with Gasteiger partial charge in [-0.15, -0.1) is 0 Å². The van der Waals surface area contributed by atoms with Gasteiger partial charge in [-0.3, -0.25) is 0 Å². The molecule has 1 atom stereocenters. The van der Waals surface area contributed by atoms with Crippen LogP contribution >= 0.6 is 0 Å². The third kappa shape index (κ3) is 2.19. The molecule has 0 bridgehead atoms. The molecule has 2 aromatic carbocycles. The van der Waals surface area contributed by atoms with E-state index in [2.05, 4.69) is 0 Å². The molecule has 0 saturated heterocycles. The van der Waals surface area contributed by atoms with Crippen LogP contribution in [0.2, 0.25) is 0 Å². The van der Waals surface area contributed by atoms with Crippen molar-refractivity contribution in [2.75, 3.05) is 0 Å². The summed E-state index contributed by atoms with van der Waals surface area (Å²) in [5.41, 5.74) is 2.16. The molecule has 0 aliphatic heterocycles. The zero-order chi connectivity index (χ0) is 13.3. The molecule has 3 heteroatoms. The summed E-state index contributed by atoms with van der Waals surface area (Å²) >= 11 is 0. The topological polar surface area (TPSA) is 34.1 Å². The smallest absolute Gasteiger partial charge is 0.185 e. The highest BCUT2D eigenvalue weighted by atomic mass is 32.2. The van der Waals surface area contributed by atoms with Crippen molar-refractivity contribution >= 4 is 9.84 Å². The number of hydrogen-bond acceptors (Lipinski definition) is 2. The fourth-order valence-corrected chi connectivity index (χ4v) is 4.71. The molecule has 0 aromatic heterocycles. The number of sulfone groups is 1. The Hall–Kier alpha value is -1.61. The molecule has 2 nitrogen and oxygen atoms in total. The first kappa shape index (κ1) is 12.4. The van der Waals surface area contributed by atoms with Crippen LogP contribution in [0.15, 0.2) is 59.5 Å². The van der Waals surface area contributed by atoms with Crippen LogP contribution in [0.5, 0.6) is 0 Å². The quantitative estimate of drug-likeness (QED) is 0.838. The maximum absolute atomic E-state index is 12.7. The summed E-state index contributed by atoms with van der Waals surface area (Å²) in [6, 6.07) is 16.7. The summed E-state index contributed by atoms with van der Waals surface area (Å²) in [6.07, 6.45) is 2.64. The van der Waals surface area contributed by atoms with Gasteiger partial charge >= 0.3 is 0 Å². The molecular weight excluding hydrogens is 256 g/mol. The second-order valence-corrected chi connectivity index (χ2v) is 7.07. The second-order valence-electron chi connectivity index (χ2n) is 4.94. The van der Waals surface area contributed by atoms with Gasteiger partial charge in [0, 0.05) is 0 Å². The molecule has 0 fully saturated rings. The summed E-state index contributed by atoms with van der Waals surface area (Å²) in [7, 11) is -3.28. The first-order chi connectivity index (χ1) is 9.19. The Labute approximate surface area is 114 Å². The van der Waals surface area contributed by atoms with Gasteiger partial charge in [0.15, 0.2) is 9.84 Å². The van der Waals surface area contributed by atoms with E-state index in [1.54, 1.807) is 24.3 Å². The van der Waals surface area contributed by atoms with E-state index >= 15 is 0 Å². The normalized spacial score (nSPS) is 18.8. The zero-order valence-corrected chi connectivity index (χ0v) is 11.4. The molecule has 0 spiro atoms. The Morgan fingerprint density at radius 2 is 1.58 bits per heavy atom. The predicted octanol–water partition coefficient (Wildman–Crippen LogP) is 3.54. The average Bonchev–Trinajstić information content (AvgIpc) is 2.47. The summed E-state index contributed by atoms with van der Waals surface area (Å²) in [5.74, 6) is 0. The first-order valence-corrected chi connectivity index (χ1v) is 8.11. The number of rotatable bonds is 2. The molecule has 1 aliphatic carbocycles. The van der Waals surface area contributed by atoms with Crippen molar-refractivity contribution in [2.24, 2.45) is 0 Å². The van der Waals surface area contributed by atoms with Gasteiger partial charge in [0.2, 0.25) is 0 Å². The lowest BCUT2D eigenvalue weighted by atomic mass is 9.91. The minimum Gasteiger partial charge on any atom is -0.223 e. The van der Waals surface area contributed by atoms with Crippen LogP contribution in [0.25, 0.3) is 0 Å². The highest BCUT2D eigenvalue weighted by molar-refractivity contribution is 7.91. The lowest BCUT2D eigenvalue weighted by Gasteiger charge is -2.25. The summed E-state index contributed by atoms with van der Waals surface area (Å²) in [5, 5.41) is -0.389. The van der Waals surface area contributed by atoms with E-state index in [0.29, 0.717) is 11.3 Å².